The number of pyridine rings is 1. The van der Waals surface area contributed by atoms with Crippen molar-refractivity contribution in [3.05, 3.63) is 93.4 Å². The monoisotopic (exact) mass is 533 g/mol. The van der Waals surface area contributed by atoms with E-state index < -0.39 is 49.3 Å². The van der Waals surface area contributed by atoms with Crippen molar-refractivity contribution in [1.29, 1.82) is 0 Å². The number of thioether (sulfide) groups is 1. The number of rotatable bonds is 4. The molecular formula is C24H13B10N3O3S. The van der Waals surface area contributed by atoms with E-state index in [2.05, 4.69) is 0 Å². The first-order valence-electron chi connectivity index (χ1n) is 12.2. The Morgan fingerprint density at radius 1 is 0.805 bits per heavy atom. The van der Waals surface area contributed by atoms with Crippen LogP contribution in [0, 0.1) is 0 Å². The Morgan fingerprint density at radius 2 is 1.37 bits per heavy atom. The van der Waals surface area contributed by atoms with Crippen molar-refractivity contribution in [1.82, 2.24) is 9.58 Å². The van der Waals surface area contributed by atoms with Gasteiger partial charge < -0.3 is 15.0 Å². The smallest absolute Gasteiger partial charge is 0.276 e. The van der Waals surface area contributed by atoms with Crippen LogP contribution in [0.4, 0.5) is 0 Å². The number of hydrogen-bond donors (Lipinski definition) is 1. The van der Waals surface area contributed by atoms with Crippen LogP contribution in [-0.2, 0) is 11.2 Å². The number of benzene rings is 2. The largest absolute Gasteiger partial charge is 0.502 e. The molecule has 6 nitrogen and oxygen atoms in total. The van der Waals surface area contributed by atoms with E-state index in [0.29, 0.717) is 21.8 Å². The molecule has 2 aromatic carbocycles. The molecule has 0 saturated carbocycles. The fraction of sp³-hybridized carbons (Fsp3) is 0.250. The van der Waals surface area contributed by atoms with E-state index in [1.807, 2.05) is 24.3 Å². The van der Waals surface area contributed by atoms with Gasteiger partial charge in [-0.15, -0.1) is 22.0 Å². The molecule has 0 aliphatic carbocycles. The van der Waals surface area contributed by atoms with Gasteiger partial charge in [-0.3, -0.25) is 14.3 Å². The molecule has 0 fully saturated rings. The molecule has 20 radical (unpaired) electrons. The van der Waals surface area contributed by atoms with Gasteiger partial charge in [0.05, 0.1) is 60.4 Å². The first-order valence-corrected chi connectivity index (χ1v) is 13.2. The molecular weight excluding hydrogens is 518 g/mol. The molecule has 17 heteroatoms. The molecule has 2 aliphatic rings. The lowest BCUT2D eigenvalue weighted by atomic mass is 9.17. The van der Waals surface area contributed by atoms with Crippen molar-refractivity contribution in [3.63, 3.8) is 0 Å². The average Bonchev–Trinajstić information content (AvgIpc) is 2.99. The fourth-order valence-corrected chi connectivity index (χ4v) is 6.65. The Morgan fingerprint density at radius 3 is 1.98 bits per heavy atom. The molecule has 1 unspecified atom stereocenters. The van der Waals surface area contributed by atoms with Crippen molar-refractivity contribution in [2.45, 2.75) is 37.2 Å². The number of aromatic nitrogens is 1. The zero-order valence-corrected chi connectivity index (χ0v) is 22.6. The third-order valence-electron chi connectivity index (χ3n) is 7.49. The third-order valence-corrected chi connectivity index (χ3v) is 8.61. The second-order valence-electron chi connectivity index (χ2n) is 10.3. The molecule has 1 N–H and O–H groups in total. The lowest BCUT2D eigenvalue weighted by Crippen LogP contribution is -2.84. The van der Waals surface area contributed by atoms with Gasteiger partial charge in [0.2, 0.25) is 5.43 Å². The highest BCUT2D eigenvalue weighted by atomic mass is 32.2. The van der Waals surface area contributed by atoms with Crippen LogP contribution in [0.25, 0.3) is 0 Å². The Labute approximate surface area is 256 Å². The highest BCUT2D eigenvalue weighted by Crippen LogP contribution is 2.53. The van der Waals surface area contributed by atoms with Crippen LogP contribution in [0.3, 0.4) is 0 Å². The Hall–Kier alpha value is -2.54. The van der Waals surface area contributed by atoms with E-state index in [0.717, 1.165) is 26.2 Å². The summed E-state index contributed by atoms with van der Waals surface area (Å²) >= 11 is 1.50. The number of carbonyl (C=O) groups is 1. The standard InChI is InChI=1S/C24H13B10N3O3S/c25-20(13-6-2-1-5-12(13)11-41-16-8-4-3-7-14(16)20)37-24(33,34)36(21(26,22(27,28)29)23(30,31)32)19(40)17-18(39)15(38)9-10-35(17)37/h1-10,39H,11H2. The van der Waals surface area contributed by atoms with Gasteiger partial charge >= 0.3 is 0 Å². The fourth-order valence-electron chi connectivity index (χ4n) is 5.53. The topological polar surface area (TPSA) is 65.8 Å². The van der Waals surface area contributed by atoms with Crippen molar-refractivity contribution in [2.75, 3.05) is 5.01 Å². The van der Waals surface area contributed by atoms with E-state index in [4.69, 9.17) is 78.5 Å². The molecule has 5 rings (SSSR count). The zero-order valence-electron chi connectivity index (χ0n) is 21.8. The van der Waals surface area contributed by atoms with Crippen LogP contribution in [0.2, 0.25) is 10.2 Å². The van der Waals surface area contributed by atoms with E-state index in [1.54, 1.807) is 24.3 Å². The maximum absolute atomic E-state index is 14.2. The predicted octanol–water partition coefficient (Wildman–Crippen LogP) is -1.41. The van der Waals surface area contributed by atoms with Crippen LogP contribution in [-0.4, -0.2) is 110 Å². The lowest BCUT2D eigenvalue weighted by molar-refractivity contribution is 0.0383. The predicted molar refractivity (Wildman–Crippen MR) is 168 cm³/mol. The van der Waals surface area contributed by atoms with E-state index >= 15 is 0 Å². The van der Waals surface area contributed by atoms with Gasteiger partial charge in [0.15, 0.2) is 11.4 Å². The molecule has 3 heterocycles. The Balaban J connectivity index is 1.97. The van der Waals surface area contributed by atoms with Gasteiger partial charge in [0.25, 0.3) is 5.91 Å². The molecule has 3 aromatic rings. The first kappa shape index (κ1) is 29.9. The summed E-state index contributed by atoms with van der Waals surface area (Å²) in [5.41, 5.74) is -7.13. The minimum absolute atomic E-state index is 0.451. The van der Waals surface area contributed by atoms with Crippen LogP contribution in [0.1, 0.15) is 27.2 Å². The summed E-state index contributed by atoms with van der Waals surface area (Å²) in [5, 5.41) is 6.76. The number of carbonyl (C=O) groups excluding carboxylic acids is 1. The summed E-state index contributed by atoms with van der Waals surface area (Å²) in [7, 11) is 63.9. The number of fused-ring (bicyclic) bond motifs is 3. The molecule has 0 saturated heterocycles. The second-order valence-corrected chi connectivity index (χ2v) is 11.3. The summed E-state index contributed by atoms with van der Waals surface area (Å²) in [5.74, 6) is -1.76. The highest BCUT2D eigenvalue weighted by Gasteiger charge is 2.60. The van der Waals surface area contributed by atoms with E-state index in [9.17, 15) is 14.7 Å². The quantitative estimate of drug-likeness (QED) is 0.420. The van der Waals surface area contributed by atoms with E-state index in [-0.39, 0.29) is 0 Å². The van der Waals surface area contributed by atoms with Gasteiger partial charge in [-0.2, -0.15) is 0 Å². The van der Waals surface area contributed by atoms with Crippen LogP contribution >= 0.6 is 11.8 Å². The Bertz CT molecular complexity index is 1560. The van der Waals surface area contributed by atoms with Gasteiger partial charge in [0.1, 0.15) is 23.5 Å². The zero-order chi connectivity index (χ0) is 30.3. The molecule has 0 bridgehead atoms. The minimum Gasteiger partial charge on any atom is -0.502 e. The molecule has 1 atom stereocenters. The van der Waals surface area contributed by atoms with Gasteiger partial charge in [-0.1, -0.05) is 42.5 Å². The summed E-state index contributed by atoms with van der Waals surface area (Å²) in [6.07, 6.45) is 1.18. The molecule has 0 spiro atoms. The summed E-state index contributed by atoms with van der Waals surface area (Å²) in [6, 6.07) is 15.4. The van der Waals surface area contributed by atoms with Crippen molar-refractivity contribution < 1.29 is 9.90 Å². The third kappa shape index (κ3) is 4.08. The van der Waals surface area contributed by atoms with E-state index in [1.165, 1.54) is 18.0 Å². The SMILES string of the molecule is [B]C1(N2n3ccc(=O)c(O)c3C(=O)N(C([B])(C([B])([B])[B])C([B])([B])[B])C2([B])[B])c2ccccc2CSc2ccccc21. The van der Waals surface area contributed by atoms with Crippen LogP contribution in [0.5, 0.6) is 5.75 Å². The summed E-state index contributed by atoms with van der Waals surface area (Å²) in [6.45, 7) is 0. The van der Waals surface area contributed by atoms with Crippen molar-refractivity contribution in [2.24, 2.45) is 0 Å². The molecule has 41 heavy (non-hydrogen) atoms. The first-order chi connectivity index (χ1) is 18.9. The number of hydrogen-bond acceptors (Lipinski definition) is 5. The minimum atomic E-state index is -2.85. The molecule has 2 aliphatic heterocycles. The summed E-state index contributed by atoms with van der Waals surface area (Å²) < 4.78 is 1.07. The molecule has 1 aromatic heterocycles. The van der Waals surface area contributed by atoms with Crippen molar-refractivity contribution >= 4 is 96.1 Å². The second kappa shape index (κ2) is 9.48. The lowest BCUT2D eigenvalue weighted by Gasteiger charge is -2.71. The van der Waals surface area contributed by atoms with Gasteiger partial charge in [-0.05, 0) is 28.2 Å². The number of nitrogens with zero attached hydrogens (tertiary/aromatic N) is 3. The van der Waals surface area contributed by atoms with Crippen molar-refractivity contribution in [3.8, 4) is 5.75 Å². The normalized spacial score (nSPS) is 20.4. The molecule has 1 amide bonds. The molecule has 178 valence electrons. The maximum Gasteiger partial charge on any atom is 0.276 e. The van der Waals surface area contributed by atoms with Crippen LogP contribution < -0.4 is 10.4 Å². The summed E-state index contributed by atoms with van der Waals surface area (Å²) in [4.78, 5) is 28.0. The number of amides is 1. The Kier molecular flexibility index (Phi) is 6.92. The maximum atomic E-state index is 14.2. The van der Waals surface area contributed by atoms with Gasteiger partial charge in [-0.25, -0.2) is 0 Å². The number of aromatic hydroxyl groups is 1. The van der Waals surface area contributed by atoms with Crippen LogP contribution in [0.15, 0.2) is 70.5 Å². The van der Waals surface area contributed by atoms with Gasteiger partial charge in [0, 0.05) is 28.4 Å². The highest BCUT2D eigenvalue weighted by molar-refractivity contribution is 7.98. The average molecular weight is 532 g/mol.